The van der Waals surface area contributed by atoms with Gasteiger partial charge in [0, 0.05) is 6.04 Å². The van der Waals surface area contributed by atoms with Crippen LogP contribution in [-0.2, 0) is 6.42 Å². The average Bonchev–Trinajstić information content (AvgIpc) is 2.48. The molecule has 112 valence electrons. The van der Waals surface area contributed by atoms with Crippen LogP contribution >= 0.6 is 15.9 Å². The molecular weight excluding hydrogens is 329 g/mol. The first-order chi connectivity index (χ1) is 10.1. The van der Waals surface area contributed by atoms with Crippen LogP contribution in [0.3, 0.4) is 0 Å². The minimum atomic E-state index is -0.216. The molecule has 0 radical (unpaired) electrons. The molecule has 1 unspecified atom stereocenters. The summed E-state index contributed by atoms with van der Waals surface area (Å²) in [5.41, 5.74) is 3.66. The third kappa shape index (κ3) is 4.65. The Labute approximate surface area is 134 Å². The first-order valence-electron chi connectivity index (χ1n) is 7.34. The third-order valence-corrected chi connectivity index (χ3v) is 4.15. The standard InChI is InChI=1S/C18H21BrFN/c1-3-10-21-18(15-7-4-13(2)5-8-15)12-14-6-9-17(20)16(19)11-14/h4-9,11,18,21H,3,10,12H2,1-2H3. The van der Waals surface area contributed by atoms with E-state index in [1.807, 2.05) is 12.1 Å². The van der Waals surface area contributed by atoms with E-state index in [0.717, 1.165) is 24.9 Å². The molecule has 0 saturated heterocycles. The van der Waals surface area contributed by atoms with E-state index >= 15 is 0 Å². The van der Waals surface area contributed by atoms with Gasteiger partial charge in [0.1, 0.15) is 5.82 Å². The molecule has 1 nitrogen and oxygen atoms in total. The number of nitrogens with one attached hydrogen (secondary N) is 1. The van der Waals surface area contributed by atoms with Gasteiger partial charge in [0.25, 0.3) is 0 Å². The van der Waals surface area contributed by atoms with Gasteiger partial charge < -0.3 is 5.32 Å². The lowest BCUT2D eigenvalue weighted by atomic mass is 9.98. The molecule has 0 aliphatic rings. The summed E-state index contributed by atoms with van der Waals surface area (Å²) in [6, 6.07) is 14.1. The van der Waals surface area contributed by atoms with Crippen LogP contribution in [-0.4, -0.2) is 6.54 Å². The predicted molar refractivity (Wildman–Crippen MR) is 90.0 cm³/mol. The van der Waals surface area contributed by atoms with Gasteiger partial charge in [-0.2, -0.15) is 0 Å². The lowest BCUT2D eigenvalue weighted by Gasteiger charge is -2.19. The Morgan fingerprint density at radius 3 is 2.48 bits per heavy atom. The highest BCUT2D eigenvalue weighted by molar-refractivity contribution is 9.10. The predicted octanol–water partition coefficient (Wildman–Crippen LogP) is 5.18. The summed E-state index contributed by atoms with van der Waals surface area (Å²) in [6.07, 6.45) is 1.94. The number of aryl methyl sites for hydroxylation is 1. The Bertz CT molecular complexity index is 580. The summed E-state index contributed by atoms with van der Waals surface area (Å²) in [5, 5.41) is 3.58. The summed E-state index contributed by atoms with van der Waals surface area (Å²) in [5.74, 6) is -0.216. The summed E-state index contributed by atoms with van der Waals surface area (Å²) >= 11 is 3.26. The van der Waals surface area contributed by atoms with E-state index in [-0.39, 0.29) is 11.9 Å². The van der Waals surface area contributed by atoms with Crippen molar-refractivity contribution in [3.05, 3.63) is 69.4 Å². The second-order valence-electron chi connectivity index (χ2n) is 5.37. The summed E-state index contributed by atoms with van der Waals surface area (Å²) in [7, 11) is 0. The van der Waals surface area contributed by atoms with Crippen LogP contribution in [0.4, 0.5) is 4.39 Å². The van der Waals surface area contributed by atoms with Gasteiger partial charge in [0.2, 0.25) is 0 Å². The van der Waals surface area contributed by atoms with Crippen molar-refractivity contribution in [3.8, 4) is 0 Å². The summed E-state index contributed by atoms with van der Waals surface area (Å²) in [4.78, 5) is 0. The SMILES string of the molecule is CCCNC(Cc1ccc(F)c(Br)c1)c1ccc(C)cc1. The third-order valence-electron chi connectivity index (χ3n) is 3.54. The lowest BCUT2D eigenvalue weighted by molar-refractivity contribution is 0.528. The Morgan fingerprint density at radius 1 is 1.14 bits per heavy atom. The van der Waals surface area contributed by atoms with Crippen molar-refractivity contribution in [2.24, 2.45) is 0 Å². The maximum Gasteiger partial charge on any atom is 0.137 e. The molecule has 2 rings (SSSR count). The highest BCUT2D eigenvalue weighted by Gasteiger charge is 2.12. The van der Waals surface area contributed by atoms with E-state index in [9.17, 15) is 4.39 Å². The quantitative estimate of drug-likeness (QED) is 0.757. The van der Waals surface area contributed by atoms with Gasteiger partial charge in [-0.15, -0.1) is 0 Å². The van der Waals surface area contributed by atoms with Gasteiger partial charge in [-0.3, -0.25) is 0 Å². The molecule has 1 N–H and O–H groups in total. The molecule has 2 aromatic rings. The number of hydrogen-bond donors (Lipinski definition) is 1. The highest BCUT2D eigenvalue weighted by atomic mass is 79.9. The number of halogens is 2. The molecule has 2 aromatic carbocycles. The van der Waals surface area contributed by atoms with Crippen molar-refractivity contribution in [2.75, 3.05) is 6.54 Å². The van der Waals surface area contributed by atoms with Crippen molar-refractivity contribution >= 4 is 15.9 Å². The Morgan fingerprint density at radius 2 is 1.86 bits per heavy atom. The molecule has 0 fully saturated rings. The van der Waals surface area contributed by atoms with Crippen LogP contribution in [0.1, 0.15) is 36.1 Å². The molecule has 0 bridgehead atoms. The van der Waals surface area contributed by atoms with Gasteiger partial charge in [-0.05, 0) is 65.5 Å². The second kappa shape index (κ2) is 7.71. The van der Waals surface area contributed by atoms with Gasteiger partial charge in [-0.1, -0.05) is 42.8 Å². The van der Waals surface area contributed by atoms with E-state index in [0.29, 0.717) is 4.47 Å². The van der Waals surface area contributed by atoms with Crippen molar-refractivity contribution in [3.63, 3.8) is 0 Å². The van der Waals surface area contributed by atoms with Gasteiger partial charge >= 0.3 is 0 Å². The topological polar surface area (TPSA) is 12.0 Å². The maximum atomic E-state index is 13.3. The lowest BCUT2D eigenvalue weighted by Crippen LogP contribution is -2.24. The van der Waals surface area contributed by atoms with Crippen molar-refractivity contribution < 1.29 is 4.39 Å². The smallest absolute Gasteiger partial charge is 0.137 e. The number of rotatable bonds is 6. The Kier molecular flexibility index (Phi) is 5.95. The summed E-state index contributed by atoms with van der Waals surface area (Å²) in [6.45, 7) is 5.23. The fraction of sp³-hybridized carbons (Fsp3) is 0.333. The largest absolute Gasteiger partial charge is 0.310 e. The van der Waals surface area contributed by atoms with Crippen LogP contribution in [0.2, 0.25) is 0 Å². The molecular formula is C18H21BrFN. The monoisotopic (exact) mass is 349 g/mol. The van der Waals surface area contributed by atoms with E-state index in [2.05, 4.69) is 59.4 Å². The van der Waals surface area contributed by atoms with Crippen LogP contribution in [0, 0.1) is 12.7 Å². The Hall–Kier alpha value is -1.19. The van der Waals surface area contributed by atoms with E-state index < -0.39 is 0 Å². The first kappa shape index (κ1) is 16.2. The molecule has 0 amide bonds. The van der Waals surface area contributed by atoms with Crippen molar-refractivity contribution in [2.45, 2.75) is 32.7 Å². The molecule has 0 aliphatic heterocycles. The molecule has 0 aromatic heterocycles. The molecule has 1 atom stereocenters. The van der Waals surface area contributed by atoms with Gasteiger partial charge in [-0.25, -0.2) is 4.39 Å². The maximum absolute atomic E-state index is 13.3. The van der Waals surface area contributed by atoms with Crippen LogP contribution in [0.5, 0.6) is 0 Å². The van der Waals surface area contributed by atoms with E-state index in [4.69, 9.17) is 0 Å². The minimum Gasteiger partial charge on any atom is -0.310 e. The van der Waals surface area contributed by atoms with E-state index in [1.54, 1.807) is 0 Å². The number of benzene rings is 2. The molecule has 0 aliphatic carbocycles. The zero-order valence-electron chi connectivity index (χ0n) is 12.5. The van der Waals surface area contributed by atoms with Gasteiger partial charge in [0.15, 0.2) is 0 Å². The highest BCUT2D eigenvalue weighted by Crippen LogP contribution is 2.23. The molecule has 21 heavy (non-hydrogen) atoms. The van der Waals surface area contributed by atoms with Crippen molar-refractivity contribution in [1.82, 2.24) is 5.32 Å². The van der Waals surface area contributed by atoms with Crippen molar-refractivity contribution in [1.29, 1.82) is 0 Å². The normalized spacial score (nSPS) is 12.4. The minimum absolute atomic E-state index is 0.216. The Balaban J connectivity index is 2.19. The molecule has 0 saturated carbocycles. The molecule has 0 heterocycles. The fourth-order valence-corrected chi connectivity index (χ4v) is 2.75. The summed E-state index contributed by atoms with van der Waals surface area (Å²) < 4.78 is 13.9. The first-order valence-corrected chi connectivity index (χ1v) is 8.13. The van der Waals surface area contributed by atoms with E-state index in [1.165, 1.54) is 17.2 Å². The molecule has 3 heteroatoms. The number of hydrogen-bond acceptors (Lipinski definition) is 1. The van der Waals surface area contributed by atoms with Crippen LogP contribution in [0.25, 0.3) is 0 Å². The zero-order chi connectivity index (χ0) is 15.2. The average molecular weight is 350 g/mol. The van der Waals surface area contributed by atoms with Crippen LogP contribution in [0.15, 0.2) is 46.9 Å². The van der Waals surface area contributed by atoms with Gasteiger partial charge in [0.05, 0.1) is 4.47 Å². The second-order valence-corrected chi connectivity index (χ2v) is 6.22. The zero-order valence-corrected chi connectivity index (χ0v) is 14.1. The van der Waals surface area contributed by atoms with Crippen LogP contribution < -0.4 is 5.32 Å². The molecule has 0 spiro atoms. The fourth-order valence-electron chi connectivity index (χ4n) is 2.33.